The van der Waals surface area contributed by atoms with Gasteiger partial charge >= 0.3 is 0 Å². The highest BCUT2D eigenvalue weighted by Gasteiger charge is 2.23. The lowest BCUT2D eigenvalue weighted by molar-refractivity contribution is 0.0762. The maximum atomic E-state index is 13.4. The summed E-state index contributed by atoms with van der Waals surface area (Å²) in [5, 5.41) is 4.83. The maximum absolute atomic E-state index is 13.4. The molecule has 3 heterocycles. The first-order chi connectivity index (χ1) is 14.0. The van der Waals surface area contributed by atoms with Crippen LogP contribution < -0.4 is 5.32 Å². The van der Waals surface area contributed by atoms with Crippen molar-refractivity contribution in [2.45, 2.75) is 39.5 Å². The Morgan fingerprint density at radius 2 is 1.80 bits per heavy atom. The van der Waals surface area contributed by atoms with Gasteiger partial charge in [-0.15, -0.1) is 12.4 Å². The summed E-state index contributed by atoms with van der Waals surface area (Å²) in [6, 6.07) is 9.74. The van der Waals surface area contributed by atoms with Crippen LogP contribution in [0.4, 0.5) is 11.4 Å². The van der Waals surface area contributed by atoms with Gasteiger partial charge in [0.2, 0.25) is 0 Å². The standard InChI is InChI=1S/C23H25ClN4O.ClH/c1-15-7-10-20(19(24)13-15)27-21-17-9-8-16(2)26-22(17)25-14-18(21)23(29)28-11-5-3-4-6-12-28;/h7-10,13-14H,3-6,11-12H2,1-2H3,(H,25,26,27);1H. The molecule has 1 aromatic carbocycles. The number of pyridine rings is 2. The first-order valence-corrected chi connectivity index (χ1v) is 10.5. The third-order valence-electron chi connectivity index (χ3n) is 5.38. The van der Waals surface area contributed by atoms with E-state index in [2.05, 4.69) is 15.3 Å². The maximum Gasteiger partial charge on any atom is 0.257 e. The number of aromatic nitrogens is 2. The number of halogens is 2. The number of hydrogen-bond donors (Lipinski definition) is 1. The van der Waals surface area contributed by atoms with Gasteiger partial charge < -0.3 is 10.2 Å². The Bertz CT molecular complexity index is 1060. The van der Waals surface area contributed by atoms with Crippen LogP contribution in [-0.4, -0.2) is 33.9 Å². The third kappa shape index (κ3) is 4.68. The van der Waals surface area contributed by atoms with Crippen LogP contribution in [-0.2, 0) is 0 Å². The van der Waals surface area contributed by atoms with E-state index in [1.165, 1.54) is 12.8 Å². The number of nitrogens with one attached hydrogen (secondary N) is 1. The lowest BCUT2D eigenvalue weighted by Gasteiger charge is -2.23. The second-order valence-corrected chi connectivity index (χ2v) is 8.09. The van der Waals surface area contributed by atoms with Gasteiger partial charge in [-0.3, -0.25) is 4.79 Å². The molecule has 158 valence electrons. The van der Waals surface area contributed by atoms with Crippen molar-refractivity contribution >= 4 is 52.3 Å². The van der Waals surface area contributed by atoms with E-state index in [9.17, 15) is 4.79 Å². The van der Waals surface area contributed by atoms with Crippen molar-refractivity contribution in [1.29, 1.82) is 0 Å². The molecule has 0 radical (unpaired) electrons. The van der Waals surface area contributed by atoms with Crippen molar-refractivity contribution in [2.24, 2.45) is 0 Å². The Morgan fingerprint density at radius 3 is 2.50 bits per heavy atom. The number of carbonyl (C=O) groups excluding carboxylic acids is 1. The topological polar surface area (TPSA) is 58.1 Å². The average Bonchev–Trinajstić information content (AvgIpc) is 2.99. The fourth-order valence-corrected chi connectivity index (χ4v) is 4.05. The second-order valence-electron chi connectivity index (χ2n) is 7.69. The molecule has 4 rings (SSSR count). The molecule has 0 atom stereocenters. The molecule has 1 N–H and O–H groups in total. The van der Waals surface area contributed by atoms with Gasteiger partial charge in [0, 0.05) is 30.4 Å². The number of nitrogens with zero attached hydrogens (tertiary/aromatic N) is 3. The van der Waals surface area contributed by atoms with Gasteiger partial charge in [-0.2, -0.15) is 0 Å². The number of rotatable bonds is 3. The highest BCUT2D eigenvalue weighted by Crippen LogP contribution is 2.33. The van der Waals surface area contributed by atoms with Gasteiger partial charge in [0.05, 0.1) is 22.0 Å². The predicted molar refractivity (Wildman–Crippen MR) is 125 cm³/mol. The van der Waals surface area contributed by atoms with Crippen LogP contribution >= 0.6 is 24.0 Å². The van der Waals surface area contributed by atoms with Gasteiger partial charge in [0.25, 0.3) is 5.91 Å². The quantitative estimate of drug-likeness (QED) is 0.531. The molecule has 1 amide bonds. The zero-order valence-corrected chi connectivity index (χ0v) is 18.8. The number of hydrogen-bond acceptors (Lipinski definition) is 4. The van der Waals surface area contributed by atoms with E-state index in [4.69, 9.17) is 11.6 Å². The molecule has 0 saturated carbocycles. The molecule has 1 saturated heterocycles. The minimum atomic E-state index is 0. The van der Waals surface area contributed by atoms with E-state index >= 15 is 0 Å². The number of fused-ring (bicyclic) bond motifs is 1. The van der Waals surface area contributed by atoms with E-state index in [0.29, 0.717) is 21.9 Å². The fraction of sp³-hybridized carbons (Fsp3) is 0.348. The monoisotopic (exact) mass is 444 g/mol. The molecular weight excluding hydrogens is 419 g/mol. The fourth-order valence-electron chi connectivity index (χ4n) is 3.77. The summed E-state index contributed by atoms with van der Waals surface area (Å²) in [4.78, 5) is 24.4. The van der Waals surface area contributed by atoms with E-state index in [0.717, 1.165) is 48.3 Å². The molecule has 1 fully saturated rings. The predicted octanol–water partition coefficient (Wildman–Crippen LogP) is 6.08. The van der Waals surface area contributed by atoms with Gasteiger partial charge in [-0.1, -0.05) is 30.5 Å². The van der Waals surface area contributed by atoms with Crippen molar-refractivity contribution in [3.8, 4) is 0 Å². The van der Waals surface area contributed by atoms with Gasteiger partial charge in [0.1, 0.15) is 0 Å². The van der Waals surface area contributed by atoms with Crippen LogP contribution in [0.15, 0.2) is 36.5 Å². The molecule has 30 heavy (non-hydrogen) atoms. The summed E-state index contributed by atoms with van der Waals surface area (Å²) in [6.45, 7) is 5.50. The lowest BCUT2D eigenvalue weighted by Crippen LogP contribution is -2.32. The van der Waals surface area contributed by atoms with Crippen molar-refractivity contribution in [2.75, 3.05) is 18.4 Å². The third-order valence-corrected chi connectivity index (χ3v) is 5.69. The second kappa shape index (κ2) is 9.63. The van der Waals surface area contributed by atoms with Gasteiger partial charge in [-0.25, -0.2) is 9.97 Å². The number of amides is 1. The van der Waals surface area contributed by atoms with E-state index in [1.807, 2.05) is 49.1 Å². The van der Waals surface area contributed by atoms with E-state index in [1.54, 1.807) is 6.20 Å². The molecule has 5 nitrogen and oxygen atoms in total. The van der Waals surface area contributed by atoms with Gasteiger partial charge in [-0.05, 0) is 56.5 Å². The SMILES string of the molecule is Cc1ccc(Nc2c(C(=O)N3CCCCCC3)cnc3nc(C)ccc23)c(Cl)c1.Cl. The highest BCUT2D eigenvalue weighted by atomic mass is 35.5. The summed E-state index contributed by atoms with van der Waals surface area (Å²) < 4.78 is 0. The Balaban J connectivity index is 0.00000256. The van der Waals surface area contributed by atoms with E-state index < -0.39 is 0 Å². The number of likely N-dealkylation sites (tertiary alicyclic amines) is 1. The lowest BCUT2D eigenvalue weighted by atomic mass is 10.1. The molecular formula is C23H26Cl2N4O. The van der Waals surface area contributed by atoms with Crippen LogP contribution in [0, 0.1) is 13.8 Å². The van der Waals surface area contributed by atoms with Crippen molar-refractivity contribution in [3.05, 3.63) is 58.4 Å². The van der Waals surface area contributed by atoms with Crippen LogP contribution in [0.3, 0.4) is 0 Å². The molecule has 0 aliphatic carbocycles. The number of benzene rings is 1. The number of anilines is 2. The normalized spacial score (nSPS) is 14.2. The minimum Gasteiger partial charge on any atom is -0.353 e. The summed E-state index contributed by atoms with van der Waals surface area (Å²) in [5.41, 5.74) is 4.61. The van der Waals surface area contributed by atoms with Crippen molar-refractivity contribution in [1.82, 2.24) is 14.9 Å². The van der Waals surface area contributed by atoms with Gasteiger partial charge in [0.15, 0.2) is 5.65 Å². The Kier molecular flexibility index (Phi) is 7.16. The molecule has 1 aliphatic rings. The smallest absolute Gasteiger partial charge is 0.257 e. The van der Waals surface area contributed by atoms with Crippen LogP contribution in [0.1, 0.15) is 47.3 Å². The summed E-state index contributed by atoms with van der Waals surface area (Å²) in [6.07, 6.45) is 6.08. The zero-order valence-electron chi connectivity index (χ0n) is 17.2. The molecule has 0 unspecified atom stereocenters. The summed E-state index contributed by atoms with van der Waals surface area (Å²) in [5.74, 6) is 0.00705. The first kappa shape index (κ1) is 22.3. The van der Waals surface area contributed by atoms with Crippen molar-refractivity contribution < 1.29 is 4.79 Å². The largest absolute Gasteiger partial charge is 0.353 e. The first-order valence-electron chi connectivity index (χ1n) is 10.1. The van der Waals surface area contributed by atoms with E-state index in [-0.39, 0.29) is 18.3 Å². The minimum absolute atomic E-state index is 0. The molecule has 0 bridgehead atoms. The zero-order chi connectivity index (χ0) is 20.4. The van der Waals surface area contributed by atoms with Crippen molar-refractivity contribution in [3.63, 3.8) is 0 Å². The van der Waals surface area contributed by atoms with Crippen LogP contribution in [0.5, 0.6) is 0 Å². The Morgan fingerprint density at radius 1 is 1.07 bits per heavy atom. The molecule has 2 aromatic heterocycles. The molecule has 3 aromatic rings. The number of carbonyl (C=O) groups is 1. The summed E-state index contributed by atoms with van der Waals surface area (Å²) >= 11 is 6.47. The molecule has 1 aliphatic heterocycles. The molecule has 7 heteroatoms. The Hall–Kier alpha value is -2.37. The summed E-state index contributed by atoms with van der Waals surface area (Å²) in [7, 11) is 0. The molecule has 0 spiro atoms. The Labute approximate surface area is 188 Å². The average molecular weight is 445 g/mol. The van der Waals surface area contributed by atoms with Crippen LogP contribution in [0.25, 0.3) is 11.0 Å². The van der Waals surface area contributed by atoms with Crippen LogP contribution in [0.2, 0.25) is 5.02 Å². The highest BCUT2D eigenvalue weighted by molar-refractivity contribution is 6.33. The number of aryl methyl sites for hydroxylation is 2.